The standard InChI is InChI=1S/C16H16BrCl2N/c1-9-7-12(17)8-10(2)16(9)20-11(3)13-5-4-6-14(18)15(13)19/h4-8,11,20H,1-3H3. The molecule has 0 aliphatic carbocycles. The molecule has 1 nitrogen and oxygen atoms in total. The number of aryl methyl sites for hydroxylation is 2. The van der Waals surface area contributed by atoms with E-state index in [1.807, 2.05) is 12.1 Å². The highest BCUT2D eigenvalue weighted by molar-refractivity contribution is 9.10. The van der Waals surface area contributed by atoms with Gasteiger partial charge < -0.3 is 5.32 Å². The summed E-state index contributed by atoms with van der Waals surface area (Å²) < 4.78 is 1.09. The molecule has 0 spiro atoms. The second-order valence-corrected chi connectivity index (χ2v) is 6.62. The Morgan fingerprint density at radius 1 is 1.10 bits per heavy atom. The summed E-state index contributed by atoms with van der Waals surface area (Å²) in [6, 6.07) is 10.00. The molecule has 0 amide bonds. The van der Waals surface area contributed by atoms with Crippen LogP contribution in [0.2, 0.25) is 10.0 Å². The molecule has 2 aromatic carbocycles. The summed E-state index contributed by atoms with van der Waals surface area (Å²) in [4.78, 5) is 0. The zero-order valence-corrected chi connectivity index (χ0v) is 14.7. The quantitative estimate of drug-likeness (QED) is 0.644. The molecule has 0 radical (unpaired) electrons. The molecule has 2 aromatic rings. The molecule has 0 fully saturated rings. The Kier molecular flexibility index (Phi) is 5.00. The van der Waals surface area contributed by atoms with Gasteiger partial charge in [-0.15, -0.1) is 0 Å². The van der Waals surface area contributed by atoms with Gasteiger partial charge in [0.2, 0.25) is 0 Å². The molecule has 0 saturated carbocycles. The lowest BCUT2D eigenvalue weighted by Gasteiger charge is -2.21. The second-order valence-electron chi connectivity index (χ2n) is 4.92. The topological polar surface area (TPSA) is 12.0 Å². The molecule has 1 N–H and O–H groups in total. The van der Waals surface area contributed by atoms with Crippen LogP contribution in [-0.2, 0) is 0 Å². The zero-order chi connectivity index (χ0) is 14.9. The van der Waals surface area contributed by atoms with Crippen molar-refractivity contribution in [3.05, 3.63) is 61.5 Å². The van der Waals surface area contributed by atoms with Crippen molar-refractivity contribution in [3.8, 4) is 0 Å². The maximum absolute atomic E-state index is 6.28. The van der Waals surface area contributed by atoms with Crippen molar-refractivity contribution in [2.24, 2.45) is 0 Å². The lowest BCUT2D eigenvalue weighted by molar-refractivity contribution is 0.880. The van der Waals surface area contributed by atoms with Gasteiger partial charge in [-0.1, -0.05) is 51.3 Å². The van der Waals surface area contributed by atoms with Gasteiger partial charge in [-0.25, -0.2) is 0 Å². The van der Waals surface area contributed by atoms with Crippen LogP contribution in [0.1, 0.15) is 29.7 Å². The summed E-state index contributed by atoms with van der Waals surface area (Å²) >= 11 is 15.9. The van der Waals surface area contributed by atoms with Gasteiger partial charge in [0.1, 0.15) is 0 Å². The molecular formula is C16H16BrCl2N. The van der Waals surface area contributed by atoms with Crippen molar-refractivity contribution >= 4 is 44.8 Å². The van der Waals surface area contributed by atoms with Crippen molar-refractivity contribution in [3.63, 3.8) is 0 Å². The molecule has 0 bridgehead atoms. The van der Waals surface area contributed by atoms with Crippen LogP contribution in [-0.4, -0.2) is 0 Å². The van der Waals surface area contributed by atoms with E-state index >= 15 is 0 Å². The van der Waals surface area contributed by atoms with Crippen LogP contribution in [0.5, 0.6) is 0 Å². The summed E-state index contributed by atoms with van der Waals surface area (Å²) in [7, 11) is 0. The lowest BCUT2D eigenvalue weighted by atomic mass is 10.0. The van der Waals surface area contributed by atoms with E-state index in [9.17, 15) is 0 Å². The predicted molar refractivity (Wildman–Crippen MR) is 92.1 cm³/mol. The monoisotopic (exact) mass is 371 g/mol. The van der Waals surface area contributed by atoms with Crippen LogP contribution in [0.25, 0.3) is 0 Å². The molecule has 2 rings (SSSR count). The molecular weight excluding hydrogens is 357 g/mol. The highest BCUT2D eigenvalue weighted by Crippen LogP contribution is 2.33. The fourth-order valence-electron chi connectivity index (χ4n) is 2.29. The van der Waals surface area contributed by atoms with Gasteiger partial charge in [-0.3, -0.25) is 0 Å². The Balaban J connectivity index is 2.33. The van der Waals surface area contributed by atoms with Crippen molar-refractivity contribution in [2.45, 2.75) is 26.8 Å². The van der Waals surface area contributed by atoms with Crippen molar-refractivity contribution in [1.29, 1.82) is 0 Å². The first kappa shape index (κ1) is 15.7. The molecule has 20 heavy (non-hydrogen) atoms. The summed E-state index contributed by atoms with van der Waals surface area (Å²) in [5.41, 5.74) is 4.53. The van der Waals surface area contributed by atoms with Gasteiger partial charge in [0.25, 0.3) is 0 Å². The Morgan fingerprint density at radius 3 is 2.30 bits per heavy atom. The van der Waals surface area contributed by atoms with E-state index in [1.54, 1.807) is 6.07 Å². The fourth-order valence-corrected chi connectivity index (χ4v) is 3.45. The van der Waals surface area contributed by atoms with E-state index in [0.29, 0.717) is 10.0 Å². The first-order valence-corrected chi connectivity index (χ1v) is 7.92. The minimum absolute atomic E-state index is 0.0831. The van der Waals surface area contributed by atoms with E-state index in [1.165, 1.54) is 11.1 Å². The van der Waals surface area contributed by atoms with E-state index in [0.717, 1.165) is 15.7 Å². The highest BCUT2D eigenvalue weighted by atomic mass is 79.9. The van der Waals surface area contributed by atoms with Crippen LogP contribution >= 0.6 is 39.1 Å². The third-order valence-electron chi connectivity index (χ3n) is 3.31. The third-order valence-corrected chi connectivity index (χ3v) is 4.60. The predicted octanol–water partition coefficient (Wildman–Crippen LogP) is 6.55. The van der Waals surface area contributed by atoms with Gasteiger partial charge in [-0.2, -0.15) is 0 Å². The van der Waals surface area contributed by atoms with Gasteiger partial charge in [0, 0.05) is 10.2 Å². The number of benzene rings is 2. The summed E-state index contributed by atoms with van der Waals surface area (Å²) in [5.74, 6) is 0. The largest absolute Gasteiger partial charge is 0.378 e. The van der Waals surface area contributed by atoms with Crippen LogP contribution in [0.15, 0.2) is 34.8 Å². The molecule has 0 aliphatic heterocycles. The summed E-state index contributed by atoms with van der Waals surface area (Å²) in [6.45, 7) is 6.26. The molecule has 0 heterocycles. The molecule has 0 aliphatic rings. The maximum atomic E-state index is 6.28. The van der Waals surface area contributed by atoms with E-state index < -0.39 is 0 Å². The minimum atomic E-state index is 0.0831. The lowest BCUT2D eigenvalue weighted by Crippen LogP contribution is -2.09. The number of hydrogen-bond acceptors (Lipinski definition) is 1. The summed E-state index contributed by atoms with van der Waals surface area (Å²) in [6.07, 6.45) is 0. The van der Waals surface area contributed by atoms with Crippen molar-refractivity contribution < 1.29 is 0 Å². The molecule has 1 unspecified atom stereocenters. The third kappa shape index (κ3) is 3.30. The molecule has 0 aromatic heterocycles. The van der Waals surface area contributed by atoms with E-state index in [4.69, 9.17) is 23.2 Å². The van der Waals surface area contributed by atoms with Gasteiger partial charge in [0.05, 0.1) is 16.1 Å². The number of hydrogen-bond donors (Lipinski definition) is 1. The normalized spacial score (nSPS) is 12.3. The zero-order valence-electron chi connectivity index (χ0n) is 11.6. The van der Waals surface area contributed by atoms with Gasteiger partial charge in [-0.05, 0) is 55.7 Å². The second kappa shape index (κ2) is 6.38. The van der Waals surface area contributed by atoms with Crippen LogP contribution in [0.4, 0.5) is 5.69 Å². The molecule has 4 heteroatoms. The SMILES string of the molecule is Cc1cc(Br)cc(C)c1NC(C)c1cccc(Cl)c1Cl. The number of anilines is 1. The first-order valence-electron chi connectivity index (χ1n) is 6.37. The maximum Gasteiger partial charge on any atom is 0.0644 e. The minimum Gasteiger partial charge on any atom is -0.378 e. The fraction of sp³-hybridized carbons (Fsp3) is 0.250. The Hall–Kier alpha value is -0.700. The summed E-state index contributed by atoms with van der Waals surface area (Å²) in [5, 5.41) is 4.72. The van der Waals surface area contributed by atoms with Gasteiger partial charge in [0.15, 0.2) is 0 Å². The van der Waals surface area contributed by atoms with Crippen LogP contribution in [0.3, 0.4) is 0 Å². The van der Waals surface area contributed by atoms with Crippen molar-refractivity contribution in [2.75, 3.05) is 5.32 Å². The highest BCUT2D eigenvalue weighted by Gasteiger charge is 2.14. The molecule has 0 saturated heterocycles. The number of nitrogens with one attached hydrogen (secondary N) is 1. The average Bonchev–Trinajstić information content (AvgIpc) is 2.36. The molecule has 106 valence electrons. The van der Waals surface area contributed by atoms with Gasteiger partial charge >= 0.3 is 0 Å². The average molecular weight is 373 g/mol. The van der Waals surface area contributed by atoms with E-state index in [-0.39, 0.29) is 6.04 Å². The smallest absolute Gasteiger partial charge is 0.0644 e. The van der Waals surface area contributed by atoms with E-state index in [2.05, 4.69) is 54.2 Å². The molecule has 1 atom stereocenters. The Bertz CT molecular complexity index is 617. The number of rotatable bonds is 3. The Morgan fingerprint density at radius 2 is 1.70 bits per heavy atom. The number of halogens is 3. The first-order chi connectivity index (χ1) is 9.40. The van der Waals surface area contributed by atoms with Crippen LogP contribution in [0, 0.1) is 13.8 Å². The Labute approximate surface area is 138 Å². The van der Waals surface area contributed by atoms with Crippen molar-refractivity contribution in [1.82, 2.24) is 0 Å². The van der Waals surface area contributed by atoms with Crippen LogP contribution < -0.4 is 5.32 Å².